The van der Waals surface area contributed by atoms with Crippen LogP contribution in [0.2, 0.25) is 0 Å². The van der Waals surface area contributed by atoms with Crippen molar-refractivity contribution in [1.29, 1.82) is 0 Å². The number of phenolic OH excluding ortho intramolecular Hbond substituents is 1. The quantitative estimate of drug-likeness (QED) is 0.345. The SMILES string of the molecule is CCCCOc1c(O)cccc1/C=C/c1nc2ccccn2c(=O)c1-c1ccc(CF)cc1. The number of alkyl halides is 1. The van der Waals surface area contributed by atoms with Gasteiger partial charge in [-0.2, -0.15) is 0 Å². The highest BCUT2D eigenvalue weighted by molar-refractivity contribution is 5.81. The normalized spacial score (nSPS) is 11.3. The maximum absolute atomic E-state index is 13.4. The summed E-state index contributed by atoms with van der Waals surface area (Å²) in [6.45, 7) is 2.00. The Morgan fingerprint density at radius 1 is 1.06 bits per heavy atom. The van der Waals surface area contributed by atoms with Crippen molar-refractivity contribution in [2.75, 3.05) is 6.61 Å². The first kappa shape index (κ1) is 22.3. The summed E-state index contributed by atoms with van der Waals surface area (Å²) >= 11 is 0. The van der Waals surface area contributed by atoms with Crippen molar-refractivity contribution in [3.05, 3.63) is 94.0 Å². The topological polar surface area (TPSA) is 63.8 Å². The molecule has 0 saturated heterocycles. The van der Waals surface area contributed by atoms with Crippen molar-refractivity contribution in [3.63, 3.8) is 0 Å². The Labute approximate surface area is 191 Å². The number of hydrogen-bond donors (Lipinski definition) is 1. The zero-order chi connectivity index (χ0) is 23.2. The van der Waals surface area contributed by atoms with Crippen molar-refractivity contribution < 1.29 is 14.2 Å². The number of phenols is 1. The number of aromatic nitrogens is 2. The summed E-state index contributed by atoms with van der Waals surface area (Å²) < 4.78 is 20.3. The van der Waals surface area contributed by atoms with E-state index in [1.807, 2.05) is 12.1 Å². The van der Waals surface area contributed by atoms with Crippen LogP contribution < -0.4 is 10.3 Å². The summed E-state index contributed by atoms with van der Waals surface area (Å²) in [5.74, 6) is 0.454. The minimum Gasteiger partial charge on any atom is -0.504 e. The van der Waals surface area contributed by atoms with Crippen LogP contribution in [0.4, 0.5) is 4.39 Å². The largest absolute Gasteiger partial charge is 0.504 e. The number of rotatable bonds is 8. The number of hydrogen-bond acceptors (Lipinski definition) is 4. The molecule has 33 heavy (non-hydrogen) atoms. The van der Waals surface area contributed by atoms with Gasteiger partial charge in [-0.25, -0.2) is 9.37 Å². The van der Waals surface area contributed by atoms with Gasteiger partial charge >= 0.3 is 0 Å². The van der Waals surface area contributed by atoms with Crippen molar-refractivity contribution in [2.45, 2.75) is 26.4 Å². The van der Waals surface area contributed by atoms with E-state index >= 15 is 0 Å². The summed E-state index contributed by atoms with van der Waals surface area (Å²) in [4.78, 5) is 18.1. The second-order valence-corrected chi connectivity index (χ2v) is 7.67. The van der Waals surface area contributed by atoms with Gasteiger partial charge in [0.1, 0.15) is 12.3 Å². The molecule has 0 atom stereocenters. The molecule has 6 heteroatoms. The van der Waals surface area contributed by atoms with E-state index in [0.717, 1.165) is 12.8 Å². The Hall–Kier alpha value is -3.93. The van der Waals surface area contributed by atoms with Crippen molar-refractivity contribution in [2.24, 2.45) is 0 Å². The summed E-state index contributed by atoms with van der Waals surface area (Å²) in [7, 11) is 0. The van der Waals surface area contributed by atoms with Gasteiger partial charge in [-0.15, -0.1) is 0 Å². The smallest absolute Gasteiger partial charge is 0.266 e. The number of halogens is 1. The Balaban J connectivity index is 1.83. The highest BCUT2D eigenvalue weighted by Crippen LogP contribution is 2.32. The van der Waals surface area contributed by atoms with Gasteiger partial charge in [-0.1, -0.05) is 55.8 Å². The molecular weight excluding hydrogens is 419 g/mol. The third kappa shape index (κ3) is 4.80. The van der Waals surface area contributed by atoms with Gasteiger partial charge in [0.2, 0.25) is 0 Å². The predicted molar refractivity (Wildman–Crippen MR) is 129 cm³/mol. The molecule has 0 bridgehead atoms. The fourth-order valence-electron chi connectivity index (χ4n) is 3.58. The monoisotopic (exact) mass is 444 g/mol. The lowest BCUT2D eigenvalue weighted by Crippen LogP contribution is -2.18. The number of fused-ring (bicyclic) bond motifs is 1. The molecule has 5 nitrogen and oxygen atoms in total. The van der Waals surface area contributed by atoms with E-state index in [9.17, 15) is 14.3 Å². The van der Waals surface area contributed by atoms with E-state index in [2.05, 4.69) is 6.92 Å². The maximum Gasteiger partial charge on any atom is 0.266 e. The Bertz CT molecular complexity index is 1340. The van der Waals surface area contributed by atoms with E-state index in [1.54, 1.807) is 66.9 Å². The van der Waals surface area contributed by atoms with Crippen LogP contribution in [0.5, 0.6) is 11.5 Å². The van der Waals surface area contributed by atoms with Crippen LogP contribution in [0.3, 0.4) is 0 Å². The lowest BCUT2D eigenvalue weighted by molar-refractivity contribution is 0.292. The number of benzene rings is 2. The molecule has 0 aliphatic carbocycles. The molecule has 168 valence electrons. The number of para-hydroxylation sites is 1. The summed E-state index contributed by atoms with van der Waals surface area (Å²) in [6.07, 6.45) is 7.05. The molecule has 1 N–H and O–H groups in total. The Morgan fingerprint density at radius 2 is 1.88 bits per heavy atom. The van der Waals surface area contributed by atoms with Crippen LogP contribution >= 0.6 is 0 Å². The molecule has 0 aliphatic heterocycles. The van der Waals surface area contributed by atoms with Gasteiger partial charge in [0.05, 0.1) is 17.9 Å². The Kier molecular flexibility index (Phi) is 6.83. The molecule has 0 saturated carbocycles. The molecule has 2 heterocycles. The first-order valence-electron chi connectivity index (χ1n) is 10.9. The average molecular weight is 445 g/mol. The molecule has 0 unspecified atom stereocenters. The third-order valence-electron chi connectivity index (χ3n) is 5.35. The lowest BCUT2D eigenvalue weighted by atomic mass is 10.0. The second kappa shape index (κ2) is 10.1. The molecule has 0 amide bonds. The zero-order valence-corrected chi connectivity index (χ0v) is 18.4. The van der Waals surface area contributed by atoms with Crippen LogP contribution in [-0.2, 0) is 6.67 Å². The highest BCUT2D eigenvalue weighted by Gasteiger charge is 2.14. The first-order valence-corrected chi connectivity index (χ1v) is 10.9. The van der Waals surface area contributed by atoms with E-state index in [-0.39, 0.29) is 11.3 Å². The second-order valence-electron chi connectivity index (χ2n) is 7.67. The number of aromatic hydroxyl groups is 1. The lowest BCUT2D eigenvalue weighted by Gasteiger charge is -2.11. The van der Waals surface area contributed by atoms with E-state index in [4.69, 9.17) is 9.72 Å². The van der Waals surface area contributed by atoms with Crippen LogP contribution in [-0.4, -0.2) is 21.1 Å². The van der Waals surface area contributed by atoms with Gasteiger partial charge in [-0.05, 0) is 47.9 Å². The van der Waals surface area contributed by atoms with E-state index in [1.165, 1.54) is 4.40 Å². The number of ether oxygens (including phenoxy) is 1. The fourth-order valence-corrected chi connectivity index (χ4v) is 3.58. The molecule has 0 spiro atoms. The number of unbranched alkanes of at least 4 members (excludes halogenated alkanes) is 1. The minimum absolute atomic E-state index is 0.0572. The van der Waals surface area contributed by atoms with Crippen LogP contribution in [0.25, 0.3) is 28.9 Å². The van der Waals surface area contributed by atoms with Crippen molar-refractivity contribution in [1.82, 2.24) is 9.38 Å². The summed E-state index contributed by atoms with van der Waals surface area (Å²) in [5.41, 5.74) is 3.05. The Morgan fingerprint density at radius 3 is 2.64 bits per heavy atom. The minimum atomic E-state index is -0.569. The number of pyridine rings is 1. The van der Waals surface area contributed by atoms with E-state index in [0.29, 0.717) is 46.0 Å². The van der Waals surface area contributed by atoms with Gasteiger partial charge in [0, 0.05) is 11.8 Å². The molecule has 0 aliphatic rings. The van der Waals surface area contributed by atoms with Crippen LogP contribution in [0.1, 0.15) is 36.6 Å². The summed E-state index contributed by atoms with van der Waals surface area (Å²) in [6, 6.07) is 17.3. The van der Waals surface area contributed by atoms with Crippen LogP contribution in [0, 0.1) is 0 Å². The molecule has 4 rings (SSSR count). The predicted octanol–water partition coefficient (Wildman–Crippen LogP) is 5.89. The third-order valence-corrected chi connectivity index (χ3v) is 5.35. The highest BCUT2D eigenvalue weighted by atomic mass is 19.1. The number of nitrogens with zero attached hydrogens (tertiary/aromatic N) is 2. The summed E-state index contributed by atoms with van der Waals surface area (Å²) in [5, 5.41) is 10.3. The van der Waals surface area contributed by atoms with Gasteiger partial charge in [0.25, 0.3) is 5.56 Å². The maximum atomic E-state index is 13.4. The molecule has 0 radical (unpaired) electrons. The average Bonchev–Trinajstić information content (AvgIpc) is 2.84. The first-order chi connectivity index (χ1) is 16.1. The fraction of sp³-hybridized carbons (Fsp3) is 0.185. The van der Waals surface area contributed by atoms with Gasteiger partial charge in [0.15, 0.2) is 11.5 Å². The van der Waals surface area contributed by atoms with E-state index < -0.39 is 6.67 Å². The van der Waals surface area contributed by atoms with Gasteiger partial charge in [-0.3, -0.25) is 9.20 Å². The van der Waals surface area contributed by atoms with Crippen LogP contribution in [0.15, 0.2) is 71.7 Å². The zero-order valence-electron chi connectivity index (χ0n) is 18.4. The molecule has 2 aromatic heterocycles. The van der Waals surface area contributed by atoms with Crippen molar-refractivity contribution >= 4 is 17.8 Å². The standard InChI is InChI=1S/C27H25FN2O3/c1-2-3-17-33-26-21(7-6-8-23(26)31)14-15-22-25(20-12-10-19(18-28)11-13-20)27(32)30-16-5-4-9-24(30)29-22/h4-16,31H,2-3,17-18H2,1H3/b15-14+. The molecule has 0 fully saturated rings. The van der Waals surface area contributed by atoms with Crippen molar-refractivity contribution in [3.8, 4) is 22.6 Å². The molecular formula is C27H25FN2O3. The van der Waals surface area contributed by atoms with Gasteiger partial charge < -0.3 is 9.84 Å². The molecule has 4 aromatic rings. The molecule has 2 aromatic carbocycles.